The van der Waals surface area contributed by atoms with Crippen molar-refractivity contribution in [1.82, 2.24) is 9.80 Å². The lowest BCUT2D eigenvalue weighted by Gasteiger charge is -2.42. The van der Waals surface area contributed by atoms with Crippen LogP contribution in [0.1, 0.15) is 17.5 Å². The first-order valence-electron chi connectivity index (χ1n) is 9.61. The van der Waals surface area contributed by atoms with Crippen LogP contribution >= 0.6 is 0 Å². The molecule has 2 heterocycles. The summed E-state index contributed by atoms with van der Waals surface area (Å²) in [6.45, 7) is 5.19. The van der Waals surface area contributed by atoms with Crippen molar-refractivity contribution in [1.29, 1.82) is 0 Å². The largest absolute Gasteiger partial charge is 0.396 e. The van der Waals surface area contributed by atoms with E-state index in [0.29, 0.717) is 18.0 Å². The van der Waals surface area contributed by atoms with E-state index in [4.69, 9.17) is 0 Å². The van der Waals surface area contributed by atoms with Gasteiger partial charge in [-0.15, -0.1) is 0 Å². The van der Waals surface area contributed by atoms with Crippen LogP contribution in [0.3, 0.4) is 0 Å². The van der Waals surface area contributed by atoms with Crippen LogP contribution in [-0.4, -0.2) is 47.7 Å². The van der Waals surface area contributed by atoms with Crippen molar-refractivity contribution in [3.63, 3.8) is 0 Å². The van der Waals surface area contributed by atoms with Gasteiger partial charge < -0.3 is 5.11 Å². The van der Waals surface area contributed by atoms with Gasteiger partial charge in [0.1, 0.15) is 11.6 Å². The highest BCUT2D eigenvalue weighted by molar-refractivity contribution is 5.18. The fraction of sp³-hybridized carbons (Fsp3) is 0.455. The highest BCUT2D eigenvalue weighted by Crippen LogP contribution is 2.43. The summed E-state index contributed by atoms with van der Waals surface area (Å²) in [5.41, 5.74) is 1.90. The summed E-state index contributed by atoms with van der Waals surface area (Å²) in [6, 6.07) is 14.1. The Bertz CT molecular complexity index is 765. The van der Waals surface area contributed by atoms with E-state index in [2.05, 4.69) is 34.1 Å². The first kappa shape index (κ1) is 18.5. The maximum atomic E-state index is 13.5. The minimum atomic E-state index is -0.526. The van der Waals surface area contributed by atoms with Crippen molar-refractivity contribution in [2.45, 2.75) is 19.5 Å². The molecule has 2 saturated heterocycles. The number of rotatable bonds is 5. The zero-order valence-electron chi connectivity index (χ0n) is 15.5. The lowest BCUT2D eigenvalue weighted by Crippen LogP contribution is -2.48. The molecule has 2 aromatic carbocycles. The van der Waals surface area contributed by atoms with E-state index in [1.807, 2.05) is 6.07 Å². The molecule has 1 N–H and O–H groups in total. The topological polar surface area (TPSA) is 26.7 Å². The number of halogens is 2. The van der Waals surface area contributed by atoms with Crippen molar-refractivity contribution >= 4 is 0 Å². The Labute approximate surface area is 159 Å². The number of aliphatic hydroxyl groups is 1. The number of hydrogen-bond donors (Lipinski definition) is 1. The SMILES string of the molecule is OC[C@@]12CCN(Cc3cc(F)cc(F)c3)C[C@@H]1CN(Cc1ccccc1)C2. The molecular weight excluding hydrogens is 346 g/mol. The average molecular weight is 372 g/mol. The summed E-state index contributed by atoms with van der Waals surface area (Å²) < 4.78 is 26.9. The number of hydrogen-bond acceptors (Lipinski definition) is 3. The van der Waals surface area contributed by atoms with Crippen molar-refractivity contribution in [3.8, 4) is 0 Å². The van der Waals surface area contributed by atoms with Crippen molar-refractivity contribution in [2.24, 2.45) is 11.3 Å². The Morgan fingerprint density at radius 1 is 0.926 bits per heavy atom. The maximum Gasteiger partial charge on any atom is 0.126 e. The molecule has 0 aromatic heterocycles. The zero-order valence-corrected chi connectivity index (χ0v) is 15.5. The van der Waals surface area contributed by atoms with Gasteiger partial charge in [-0.2, -0.15) is 0 Å². The Morgan fingerprint density at radius 3 is 2.30 bits per heavy atom. The molecular formula is C22H26F2N2O. The molecule has 0 aliphatic carbocycles. The van der Waals surface area contributed by atoms with Crippen LogP contribution in [0.2, 0.25) is 0 Å². The third-order valence-corrected chi connectivity index (χ3v) is 6.18. The third kappa shape index (κ3) is 4.05. The lowest BCUT2D eigenvalue weighted by atomic mass is 9.73. The molecule has 0 saturated carbocycles. The fourth-order valence-electron chi connectivity index (χ4n) is 4.79. The molecule has 0 radical (unpaired) electrons. The van der Waals surface area contributed by atoms with Gasteiger partial charge in [-0.05, 0) is 42.1 Å². The second-order valence-electron chi connectivity index (χ2n) is 8.14. The van der Waals surface area contributed by atoms with Gasteiger partial charge in [0.25, 0.3) is 0 Å². The average Bonchev–Trinajstić information content (AvgIpc) is 2.99. The Kier molecular flexibility index (Phi) is 5.26. The van der Waals surface area contributed by atoms with Gasteiger partial charge in [-0.25, -0.2) is 8.78 Å². The number of piperidine rings is 1. The summed E-state index contributed by atoms with van der Waals surface area (Å²) in [5, 5.41) is 10.1. The first-order valence-corrected chi connectivity index (χ1v) is 9.61. The van der Waals surface area contributed by atoms with Crippen LogP contribution in [0.25, 0.3) is 0 Å². The van der Waals surface area contributed by atoms with Gasteiger partial charge in [-0.3, -0.25) is 9.80 Å². The predicted octanol–water partition coefficient (Wildman–Crippen LogP) is 3.28. The zero-order chi connectivity index (χ0) is 18.9. The standard InChI is InChI=1S/C22H26F2N2O/c23-20-8-18(9-21(24)10-20)12-25-7-6-22(16-27)15-26(14-19(22)13-25)11-17-4-2-1-3-5-17/h1-5,8-10,19,27H,6-7,11-16H2/t19-,22+/m1/s1. The second kappa shape index (κ2) is 7.66. The van der Waals surface area contributed by atoms with E-state index in [1.165, 1.54) is 17.7 Å². The summed E-state index contributed by atoms with van der Waals surface area (Å²) in [6.07, 6.45) is 0.914. The molecule has 5 heteroatoms. The monoisotopic (exact) mass is 372 g/mol. The van der Waals surface area contributed by atoms with Crippen LogP contribution in [0.4, 0.5) is 8.78 Å². The third-order valence-electron chi connectivity index (χ3n) is 6.18. The van der Waals surface area contributed by atoms with Crippen LogP contribution < -0.4 is 0 Å². The van der Waals surface area contributed by atoms with Gasteiger partial charge >= 0.3 is 0 Å². The van der Waals surface area contributed by atoms with Gasteiger partial charge in [0.2, 0.25) is 0 Å². The van der Waals surface area contributed by atoms with Gasteiger partial charge in [-0.1, -0.05) is 30.3 Å². The summed E-state index contributed by atoms with van der Waals surface area (Å²) in [4.78, 5) is 4.69. The molecule has 27 heavy (non-hydrogen) atoms. The number of fused-ring (bicyclic) bond motifs is 1. The predicted molar refractivity (Wildman–Crippen MR) is 101 cm³/mol. The molecule has 2 aromatic rings. The molecule has 2 atom stereocenters. The van der Waals surface area contributed by atoms with Crippen molar-refractivity contribution < 1.29 is 13.9 Å². The highest BCUT2D eigenvalue weighted by atomic mass is 19.1. The van der Waals surface area contributed by atoms with E-state index in [0.717, 1.165) is 45.2 Å². The van der Waals surface area contributed by atoms with Gasteiger partial charge in [0.15, 0.2) is 0 Å². The molecule has 0 bridgehead atoms. The number of likely N-dealkylation sites (tertiary alicyclic amines) is 2. The number of nitrogens with zero attached hydrogens (tertiary/aromatic N) is 2. The smallest absolute Gasteiger partial charge is 0.126 e. The molecule has 2 aliphatic rings. The maximum absolute atomic E-state index is 13.5. The van der Waals surface area contributed by atoms with E-state index < -0.39 is 11.6 Å². The van der Waals surface area contributed by atoms with Gasteiger partial charge in [0.05, 0.1) is 6.61 Å². The van der Waals surface area contributed by atoms with E-state index >= 15 is 0 Å². The first-order chi connectivity index (χ1) is 13.1. The molecule has 2 aliphatic heterocycles. The Balaban J connectivity index is 1.43. The summed E-state index contributed by atoms with van der Waals surface area (Å²) >= 11 is 0. The van der Waals surface area contributed by atoms with Crippen molar-refractivity contribution in [3.05, 3.63) is 71.3 Å². The molecule has 0 spiro atoms. The lowest BCUT2D eigenvalue weighted by molar-refractivity contribution is 0.0159. The molecule has 0 amide bonds. The Hall–Kier alpha value is -1.82. The van der Waals surface area contributed by atoms with Crippen LogP contribution in [0, 0.1) is 23.0 Å². The molecule has 2 fully saturated rings. The van der Waals surface area contributed by atoms with E-state index in [9.17, 15) is 13.9 Å². The van der Waals surface area contributed by atoms with Gasteiger partial charge in [0, 0.05) is 44.2 Å². The normalized spacial score (nSPS) is 26.3. The van der Waals surface area contributed by atoms with Crippen LogP contribution in [0.5, 0.6) is 0 Å². The second-order valence-corrected chi connectivity index (χ2v) is 8.14. The Morgan fingerprint density at radius 2 is 1.59 bits per heavy atom. The number of aliphatic hydroxyl groups excluding tert-OH is 1. The van der Waals surface area contributed by atoms with E-state index in [1.54, 1.807) is 0 Å². The summed E-state index contributed by atoms with van der Waals surface area (Å²) in [5.74, 6) is -0.679. The number of benzene rings is 2. The summed E-state index contributed by atoms with van der Waals surface area (Å²) in [7, 11) is 0. The minimum absolute atomic E-state index is 0.0571. The molecule has 144 valence electrons. The highest BCUT2D eigenvalue weighted by Gasteiger charge is 2.48. The van der Waals surface area contributed by atoms with Crippen LogP contribution in [0.15, 0.2) is 48.5 Å². The quantitative estimate of drug-likeness (QED) is 0.873. The van der Waals surface area contributed by atoms with Crippen molar-refractivity contribution in [2.75, 3.05) is 32.8 Å². The molecule has 4 rings (SSSR count). The van der Waals surface area contributed by atoms with E-state index in [-0.39, 0.29) is 12.0 Å². The van der Waals surface area contributed by atoms with Crippen LogP contribution in [-0.2, 0) is 13.1 Å². The minimum Gasteiger partial charge on any atom is -0.396 e. The fourth-order valence-corrected chi connectivity index (χ4v) is 4.79. The molecule has 0 unspecified atom stereocenters. The molecule has 3 nitrogen and oxygen atoms in total.